The average molecular weight is 421 g/mol. The molecule has 1 N–H and O–H groups in total. The van der Waals surface area contributed by atoms with Crippen molar-refractivity contribution < 1.29 is 4.79 Å². The first-order valence-electron chi connectivity index (χ1n) is 9.35. The van der Waals surface area contributed by atoms with E-state index in [0.29, 0.717) is 15.4 Å². The van der Waals surface area contributed by atoms with Crippen LogP contribution in [0.4, 0.5) is 0 Å². The van der Waals surface area contributed by atoms with Gasteiger partial charge in [-0.3, -0.25) is 14.2 Å². The van der Waals surface area contributed by atoms with Crippen molar-refractivity contribution in [3.63, 3.8) is 0 Å². The number of thioether (sulfide) groups is 1. The highest BCUT2D eigenvalue weighted by molar-refractivity contribution is 8.00. The first-order valence-corrected chi connectivity index (χ1v) is 11.0. The highest BCUT2D eigenvalue weighted by atomic mass is 32.2. The fourth-order valence-corrected chi connectivity index (χ4v) is 4.81. The number of thiophene rings is 1. The first kappa shape index (κ1) is 22.4. The van der Waals surface area contributed by atoms with Gasteiger partial charge in [0.1, 0.15) is 10.4 Å². The maximum atomic E-state index is 13.1. The maximum absolute atomic E-state index is 13.1. The quantitative estimate of drug-likeness (QED) is 0.559. The van der Waals surface area contributed by atoms with Crippen LogP contribution in [0.25, 0.3) is 10.2 Å². The van der Waals surface area contributed by atoms with E-state index in [0.717, 1.165) is 10.4 Å². The van der Waals surface area contributed by atoms with E-state index >= 15 is 0 Å². The minimum absolute atomic E-state index is 0.0287. The summed E-state index contributed by atoms with van der Waals surface area (Å²) >= 11 is 2.75. The smallest absolute Gasteiger partial charge is 0.263 e. The molecule has 0 saturated carbocycles. The van der Waals surface area contributed by atoms with Gasteiger partial charge in [-0.05, 0) is 53.0 Å². The molecule has 2 aromatic rings. The van der Waals surface area contributed by atoms with Gasteiger partial charge < -0.3 is 5.32 Å². The monoisotopic (exact) mass is 420 g/mol. The van der Waals surface area contributed by atoms with E-state index in [1.807, 2.05) is 41.5 Å². The molecular formula is C20H28N4O2S2. The molecule has 2 atom stereocenters. The van der Waals surface area contributed by atoms with Crippen molar-refractivity contribution in [1.82, 2.24) is 14.9 Å². The van der Waals surface area contributed by atoms with Crippen LogP contribution >= 0.6 is 23.1 Å². The van der Waals surface area contributed by atoms with Crippen LogP contribution in [-0.4, -0.2) is 26.2 Å². The van der Waals surface area contributed by atoms with Gasteiger partial charge in [0.25, 0.3) is 5.56 Å². The zero-order valence-corrected chi connectivity index (χ0v) is 19.3. The molecule has 0 radical (unpaired) electrons. The molecule has 0 aromatic carbocycles. The van der Waals surface area contributed by atoms with E-state index in [1.165, 1.54) is 23.1 Å². The Labute approximate surface area is 174 Å². The van der Waals surface area contributed by atoms with Gasteiger partial charge in [-0.25, -0.2) is 4.98 Å². The summed E-state index contributed by atoms with van der Waals surface area (Å²) in [7, 11) is 0. The van der Waals surface area contributed by atoms with Crippen molar-refractivity contribution in [3.05, 3.63) is 20.8 Å². The highest BCUT2D eigenvalue weighted by Gasteiger charge is 2.32. The van der Waals surface area contributed by atoms with Gasteiger partial charge in [-0.2, -0.15) is 5.26 Å². The van der Waals surface area contributed by atoms with E-state index in [4.69, 9.17) is 4.98 Å². The Balaban J connectivity index is 2.43. The summed E-state index contributed by atoms with van der Waals surface area (Å²) in [4.78, 5) is 32.3. The predicted octanol–water partition coefficient (Wildman–Crippen LogP) is 4.19. The lowest BCUT2D eigenvalue weighted by Gasteiger charge is -2.28. The number of hydrogen-bond acceptors (Lipinski definition) is 6. The lowest BCUT2D eigenvalue weighted by atomic mass is 9.90. The molecule has 8 heteroatoms. The summed E-state index contributed by atoms with van der Waals surface area (Å²) in [5.41, 5.74) is -0.0415. The number of nitriles is 1. The molecular weight excluding hydrogens is 392 g/mol. The molecule has 0 spiro atoms. The average Bonchev–Trinajstić information content (AvgIpc) is 2.88. The summed E-state index contributed by atoms with van der Waals surface area (Å²) in [6.07, 6.45) is 0. The molecule has 28 heavy (non-hydrogen) atoms. The number of fused-ring (bicyclic) bond motifs is 1. The molecule has 1 amide bonds. The van der Waals surface area contributed by atoms with E-state index < -0.39 is 10.8 Å². The van der Waals surface area contributed by atoms with Crippen LogP contribution in [0.1, 0.15) is 58.0 Å². The number of nitrogens with zero attached hydrogens (tertiary/aromatic N) is 3. The van der Waals surface area contributed by atoms with E-state index in [2.05, 4.69) is 11.4 Å². The molecule has 2 heterocycles. The van der Waals surface area contributed by atoms with E-state index in [1.54, 1.807) is 18.4 Å². The third-order valence-corrected chi connectivity index (χ3v) is 7.31. The minimum atomic E-state index is -0.941. The van der Waals surface area contributed by atoms with Crippen molar-refractivity contribution in [2.75, 3.05) is 0 Å². The summed E-state index contributed by atoms with van der Waals surface area (Å²) in [6, 6.07) is 2.11. The summed E-state index contributed by atoms with van der Waals surface area (Å²) in [6.45, 7) is 15.1. The van der Waals surface area contributed by atoms with Crippen LogP contribution in [-0.2, 0) is 4.79 Å². The zero-order chi connectivity index (χ0) is 21.4. The number of rotatable bonds is 6. The van der Waals surface area contributed by atoms with Gasteiger partial charge in [-0.1, -0.05) is 25.6 Å². The molecule has 6 nitrogen and oxygen atoms in total. The third kappa shape index (κ3) is 4.11. The second kappa shape index (κ2) is 8.26. The van der Waals surface area contributed by atoms with Gasteiger partial charge in [0.15, 0.2) is 5.16 Å². The number of amides is 1. The molecule has 0 aliphatic heterocycles. The van der Waals surface area contributed by atoms with Gasteiger partial charge in [-0.15, -0.1) is 11.3 Å². The first-order chi connectivity index (χ1) is 12.9. The highest BCUT2D eigenvalue weighted by Crippen LogP contribution is 2.31. The number of hydrogen-bond donors (Lipinski definition) is 1. The summed E-state index contributed by atoms with van der Waals surface area (Å²) in [5, 5.41) is 13.0. The number of carbonyl (C=O) groups is 1. The third-order valence-electron chi connectivity index (χ3n) is 5.14. The van der Waals surface area contributed by atoms with Crippen LogP contribution in [0.15, 0.2) is 9.95 Å². The number of aromatic nitrogens is 2. The largest absolute Gasteiger partial charge is 0.337 e. The van der Waals surface area contributed by atoms with Crippen LogP contribution in [0.3, 0.4) is 0 Å². The van der Waals surface area contributed by atoms with Crippen molar-refractivity contribution >= 4 is 39.2 Å². The topological polar surface area (TPSA) is 87.8 Å². The standard InChI is InChI=1S/C20H28N4O2S2/c1-10(2)20(8,9-21)23-16(25)14(7)28-19-22-17-15(12(5)13(6)27-17)18(26)24(19)11(3)4/h10-11,14H,1-8H3,(H,23,25)/t14-,20+/m0/s1. The Morgan fingerprint density at radius 3 is 2.39 bits per heavy atom. The van der Waals surface area contributed by atoms with Crippen LogP contribution in [0, 0.1) is 31.1 Å². The number of nitrogens with one attached hydrogen (secondary N) is 1. The van der Waals surface area contributed by atoms with Crippen molar-refractivity contribution in [1.29, 1.82) is 5.26 Å². The normalized spacial score (nSPS) is 14.9. The zero-order valence-electron chi connectivity index (χ0n) is 17.7. The van der Waals surface area contributed by atoms with Crippen molar-refractivity contribution in [2.45, 2.75) is 77.4 Å². The van der Waals surface area contributed by atoms with Gasteiger partial charge in [0.2, 0.25) is 5.91 Å². The number of aryl methyl sites for hydroxylation is 2. The molecule has 0 fully saturated rings. The summed E-state index contributed by atoms with van der Waals surface area (Å²) < 4.78 is 1.65. The maximum Gasteiger partial charge on any atom is 0.263 e. The Kier molecular flexibility index (Phi) is 6.62. The van der Waals surface area contributed by atoms with Gasteiger partial charge in [0.05, 0.1) is 16.7 Å². The Morgan fingerprint density at radius 2 is 1.89 bits per heavy atom. The van der Waals surface area contributed by atoms with Gasteiger partial charge in [0, 0.05) is 10.9 Å². The Hall–Kier alpha value is -1.85. The molecule has 0 saturated heterocycles. The second-order valence-corrected chi connectivity index (χ2v) is 10.4. The SMILES string of the molecule is Cc1sc2nc(S[C@@H](C)C(=O)N[C@](C)(C#N)C(C)C)n(C(C)C)c(=O)c2c1C. The van der Waals surface area contributed by atoms with Crippen LogP contribution in [0.5, 0.6) is 0 Å². The fourth-order valence-electron chi connectivity index (χ4n) is 2.70. The van der Waals surface area contributed by atoms with E-state index in [-0.39, 0.29) is 23.4 Å². The molecule has 2 rings (SSSR count). The second-order valence-electron chi connectivity index (χ2n) is 7.84. The molecule has 0 bridgehead atoms. The summed E-state index contributed by atoms with van der Waals surface area (Å²) in [5.74, 6) is -0.273. The van der Waals surface area contributed by atoms with Crippen molar-refractivity contribution in [3.8, 4) is 6.07 Å². The Morgan fingerprint density at radius 1 is 1.29 bits per heavy atom. The van der Waals surface area contributed by atoms with Crippen LogP contribution < -0.4 is 10.9 Å². The molecule has 0 unspecified atom stereocenters. The predicted molar refractivity (Wildman–Crippen MR) is 116 cm³/mol. The molecule has 0 aliphatic carbocycles. The minimum Gasteiger partial charge on any atom is -0.337 e. The lowest BCUT2D eigenvalue weighted by molar-refractivity contribution is -0.121. The number of carbonyl (C=O) groups excluding carboxylic acids is 1. The molecule has 2 aromatic heterocycles. The van der Waals surface area contributed by atoms with Crippen LogP contribution in [0.2, 0.25) is 0 Å². The fraction of sp³-hybridized carbons (Fsp3) is 0.600. The molecule has 0 aliphatic rings. The molecule has 152 valence electrons. The Bertz CT molecular complexity index is 1000. The van der Waals surface area contributed by atoms with Gasteiger partial charge >= 0.3 is 0 Å². The van der Waals surface area contributed by atoms with Crippen molar-refractivity contribution in [2.24, 2.45) is 5.92 Å². The lowest BCUT2D eigenvalue weighted by Crippen LogP contribution is -2.51. The van der Waals surface area contributed by atoms with E-state index in [9.17, 15) is 14.9 Å².